The van der Waals surface area contributed by atoms with Crippen molar-refractivity contribution in [1.29, 1.82) is 5.26 Å². The highest BCUT2D eigenvalue weighted by molar-refractivity contribution is 6.30. The van der Waals surface area contributed by atoms with Crippen LogP contribution in [0.5, 0.6) is 0 Å². The molecule has 3 N–H and O–H groups in total. The smallest absolute Gasteiger partial charge is 0.254 e. The summed E-state index contributed by atoms with van der Waals surface area (Å²) >= 11 is 5.71. The molecule has 0 saturated heterocycles. The van der Waals surface area contributed by atoms with E-state index in [1.807, 2.05) is 14.1 Å². The number of hydrogen-bond acceptors (Lipinski definition) is 5. The topological polar surface area (TPSA) is 100.0 Å². The Kier molecular flexibility index (Phi) is 5.87. The number of anilines is 2. The molecule has 148 valence electrons. The molecule has 3 rings (SSSR count). The Morgan fingerprint density at radius 1 is 1.46 bits per heavy atom. The molecule has 1 aromatic heterocycles. The molecule has 3 atom stereocenters. The molecule has 0 aliphatic heterocycles. The maximum Gasteiger partial charge on any atom is 0.254 e. The SMILES string of the molecule is CN(C)[C@@H]1CC[C@H](n2cc(C(N)=O)c(Nc3ccc(Cl)c(F)c3)n2)[C@@H](C#N)C1. The van der Waals surface area contributed by atoms with Crippen molar-refractivity contribution >= 4 is 29.0 Å². The summed E-state index contributed by atoms with van der Waals surface area (Å²) in [6, 6.07) is 6.75. The van der Waals surface area contributed by atoms with Gasteiger partial charge in [0.05, 0.1) is 23.1 Å². The van der Waals surface area contributed by atoms with Crippen LogP contribution in [-0.4, -0.2) is 40.7 Å². The first-order valence-electron chi connectivity index (χ1n) is 8.97. The van der Waals surface area contributed by atoms with E-state index in [4.69, 9.17) is 17.3 Å². The number of carbonyl (C=O) groups is 1. The first kappa shape index (κ1) is 20.1. The molecule has 1 heterocycles. The van der Waals surface area contributed by atoms with Crippen LogP contribution in [0.1, 0.15) is 35.7 Å². The van der Waals surface area contributed by atoms with Crippen LogP contribution < -0.4 is 11.1 Å². The summed E-state index contributed by atoms with van der Waals surface area (Å²) < 4.78 is 15.3. The molecule has 1 aromatic carbocycles. The Morgan fingerprint density at radius 3 is 2.82 bits per heavy atom. The molecule has 1 fully saturated rings. The molecule has 0 bridgehead atoms. The third-order valence-corrected chi connectivity index (χ3v) is 5.51. The Labute approximate surface area is 167 Å². The molecular weight excluding hydrogens is 383 g/mol. The van der Waals surface area contributed by atoms with Gasteiger partial charge in [0.2, 0.25) is 0 Å². The van der Waals surface area contributed by atoms with E-state index in [0.29, 0.717) is 11.7 Å². The van der Waals surface area contributed by atoms with E-state index in [-0.39, 0.29) is 28.4 Å². The van der Waals surface area contributed by atoms with Crippen LogP contribution in [0.3, 0.4) is 0 Å². The fraction of sp³-hybridized carbons (Fsp3) is 0.421. The molecule has 0 unspecified atom stereocenters. The van der Waals surface area contributed by atoms with Crippen molar-refractivity contribution < 1.29 is 9.18 Å². The Bertz CT molecular complexity index is 922. The van der Waals surface area contributed by atoms with Crippen molar-refractivity contribution in [2.24, 2.45) is 11.7 Å². The largest absolute Gasteiger partial charge is 0.365 e. The normalized spacial score (nSPS) is 22.1. The summed E-state index contributed by atoms with van der Waals surface area (Å²) in [5.41, 5.74) is 6.07. The van der Waals surface area contributed by atoms with E-state index in [0.717, 1.165) is 19.3 Å². The van der Waals surface area contributed by atoms with Crippen molar-refractivity contribution in [3.05, 3.63) is 40.8 Å². The van der Waals surface area contributed by atoms with Crippen LogP contribution in [0.2, 0.25) is 5.02 Å². The zero-order chi connectivity index (χ0) is 20.4. The van der Waals surface area contributed by atoms with Gasteiger partial charge in [-0.15, -0.1) is 0 Å². The number of nitrogens with one attached hydrogen (secondary N) is 1. The van der Waals surface area contributed by atoms with Crippen LogP contribution in [0.25, 0.3) is 0 Å². The highest BCUT2D eigenvalue weighted by atomic mass is 35.5. The third-order valence-electron chi connectivity index (χ3n) is 5.20. The summed E-state index contributed by atoms with van der Waals surface area (Å²) in [5.74, 6) is -1.25. The van der Waals surface area contributed by atoms with E-state index in [1.165, 1.54) is 12.1 Å². The van der Waals surface area contributed by atoms with E-state index in [1.54, 1.807) is 16.9 Å². The van der Waals surface area contributed by atoms with Crippen molar-refractivity contribution in [3.63, 3.8) is 0 Å². The second kappa shape index (κ2) is 8.17. The van der Waals surface area contributed by atoms with Gasteiger partial charge in [-0.1, -0.05) is 11.6 Å². The lowest BCUT2D eigenvalue weighted by atomic mass is 9.82. The first-order chi connectivity index (χ1) is 13.3. The van der Waals surface area contributed by atoms with Crippen LogP contribution in [-0.2, 0) is 0 Å². The van der Waals surface area contributed by atoms with Gasteiger partial charge in [0.25, 0.3) is 5.91 Å². The number of benzene rings is 1. The van der Waals surface area contributed by atoms with Crippen molar-refractivity contribution in [1.82, 2.24) is 14.7 Å². The minimum Gasteiger partial charge on any atom is -0.365 e. The minimum atomic E-state index is -0.654. The molecule has 1 aliphatic rings. The standard InChI is InChI=1S/C19H22ClFN6O/c1-26(2)13-4-6-17(11(7-13)9-22)27-10-14(18(23)28)19(25-27)24-12-3-5-15(20)16(21)8-12/h3,5,8,10-11,13,17H,4,6-7H2,1-2H3,(H2,23,28)(H,24,25)/t11-,13-,17+/m1/s1. The fourth-order valence-electron chi connectivity index (χ4n) is 3.60. The number of rotatable bonds is 5. The highest BCUT2D eigenvalue weighted by Crippen LogP contribution is 2.36. The van der Waals surface area contributed by atoms with Gasteiger partial charge >= 0.3 is 0 Å². The van der Waals surface area contributed by atoms with Crippen LogP contribution in [0, 0.1) is 23.1 Å². The van der Waals surface area contributed by atoms with Gasteiger partial charge in [-0.05, 0) is 51.6 Å². The lowest BCUT2D eigenvalue weighted by Gasteiger charge is -2.35. The monoisotopic (exact) mass is 404 g/mol. The maximum atomic E-state index is 13.7. The Morgan fingerprint density at radius 2 is 2.21 bits per heavy atom. The maximum absolute atomic E-state index is 13.7. The number of aromatic nitrogens is 2. The number of nitrogens with zero attached hydrogens (tertiary/aromatic N) is 4. The number of amides is 1. The van der Waals surface area contributed by atoms with E-state index < -0.39 is 11.7 Å². The summed E-state index contributed by atoms with van der Waals surface area (Å²) in [6.45, 7) is 0. The first-order valence-corrected chi connectivity index (χ1v) is 9.35. The third kappa shape index (κ3) is 4.11. The molecule has 7 nitrogen and oxygen atoms in total. The lowest BCUT2D eigenvalue weighted by Crippen LogP contribution is -2.37. The number of primary amides is 1. The number of halogens is 2. The molecule has 1 saturated carbocycles. The lowest BCUT2D eigenvalue weighted by molar-refractivity contribution is 0.100. The second-order valence-electron chi connectivity index (χ2n) is 7.22. The molecule has 0 spiro atoms. The zero-order valence-corrected chi connectivity index (χ0v) is 16.4. The van der Waals surface area contributed by atoms with Gasteiger partial charge in [-0.2, -0.15) is 10.4 Å². The highest BCUT2D eigenvalue weighted by Gasteiger charge is 2.34. The fourth-order valence-corrected chi connectivity index (χ4v) is 3.72. The van der Waals surface area contributed by atoms with Crippen molar-refractivity contribution in [2.75, 3.05) is 19.4 Å². The molecule has 1 amide bonds. The van der Waals surface area contributed by atoms with E-state index in [9.17, 15) is 14.4 Å². The number of hydrogen-bond donors (Lipinski definition) is 2. The molecular formula is C19H22ClFN6O. The summed E-state index contributed by atoms with van der Waals surface area (Å²) in [4.78, 5) is 14.0. The quantitative estimate of drug-likeness (QED) is 0.796. The molecule has 28 heavy (non-hydrogen) atoms. The average Bonchev–Trinajstić information content (AvgIpc) is 3.08. The van der Waals surface area contributed by atoms with E-state index in [2.05, 4.69) is 21.4 Å². The second-order valence-corrected chi connectivity index (χ2v) is 7.63. The predicted molar refractivity (Wildman–Crippen MR) is 105 cm³/mol. The molecule has 1 aliphatic carbocycles. The Balaban J connectivity index is 1.89. The van der Waals surface area contributed by atoms with Crippen LogP contribution in [0.15, 0.2) is 24.4 Å². The molecule has 9 heteroatoms. The van der Waals surface area contributed by atoms with Gasteiger partial charge in [0.15, 0.2) is 5.82 Å². The summed E-state index contributed by atoms with van der Waals surface area (Å²) in [5, 5.41) is 17.0. The molecule has 0 radical (unpaired) electrons. The van der Waals surface area contributed by atoms with Gasteiger partial charge < -0.3 is 16.0 Å². The summed E-state index contributed by atoms with van der Waals surface area (Å²) in [6.07, 6.45) is 3.97. The summed E-state index contributed by atoms with van der Waals surface area (Å²) in [7, 11) is 4.01. The number of carbonyl (C=O) groups excluding carboxylic acids is 1. The van der Waals surface area contributed by atoms with E-state index >= 15 is 0 Å². The predicted octanol–water partition coefficient (Wildman–Crippen LogP) is 3.31. The molecule has 2 aromatic rings. The zero-order valence-electron chi connectivity index (χ0n) is 15.7. The van der Waals surface area contributed by atoms with Gasteiger partial charge in [-0.3, -0.25) is 9.48 Å². The van der Waals surface area contributed by atoms with Crippen LogP contribution >= 0.6 is 11.6 Å². The van der Waals surface area contributed by atoms with Gasteiger partial charge in [0.1, 0.15) is 11.4 Å². The Hall–Kier alpha value is -2.63. The average molecular weight is 405 g/mol. The van der Waals surface area contributed by atoms with Crippen molar-refractivity contribution in [3.8, 4) is 6.07 Å². The van der Waals surface area contributed by atoms with Gasteiger partial charge in [-0.25, -0.2) is 4.39 Å². The van der Waals surface area contributed by atoms with Crippen molar-refractivity contribution in [2.45, 2.75) is 31.3 Å². The number of nitriles is 1. The van der Waals surface area contributed by atoms with Crippen LogP contribution in [0.4, 0.5) is 15.9 Å². The number of nitrogens with two attached hydrogens (primary N) is 1. The van der Waals surface area contributed by atoms with Gasteiger partial charge in [0, 0.05) is 17.9 Å². The minimum absolute atomic E-state index is 0.000665.